The molecule has 0 atom stereocenters. The second-order valence-electron chi connectivity index (χ2n) is 13.0. The van der Waals surface area contributed by atoms with Gasteiger partial charge in [0, 0.05) is 0 Å². The number of nitrogens with zero attached hydrogens (tertiary/aromatic N) is 1. The Labute approximate surface area is 204 Å². The maximum atomic E-state index is 2.36. The Morgan fingerprint density at radius 2 is 1.22 bits per heavy atom. The van der Waals surface area contributed by atoms with Crippen LogP contribution in [0.15, 0.2) is 30.3 Å². The van der Waals surface area contributed by atoms with E-state index in [1.165, 1.54) is 50.6 Å². The normalized spacial score (nSPS) is 14.6. The lowest BCUT2D eigenvalue weighted by Crippen LogP contribution is -2.16. The average Bonchev–Trinajstić information content (AvgIpc) is 3.18. The molecule has 2 rings (SSSR count). The molecule has 0 aromatic heterocycles. The second-order valence-corrected chi connectivity index (χ2v) is 13.0. The molecule has 190 valence electrons. The van der Waals surface area contributed by atoms with Crippen LogP contribution in [0.3, 0.4) is 0 Å². The molecule has 0 heterocycles. The Balaban J connectivity index is 0. The molecule has 0 unspecified atom stereocenters. The van der Waals surface area contributed by atoms with E-state index in [-0.39, 0.29) is 0 Å². The van der Waals surface area contributed by atoms with Crippen LogP contribution in [0.25, 0.3) is 0 Å². The van der Waals surface area contributed by atoms with Gasteiger partial charge in [-0.05, 0) is 80.5 Å². The van der Waals surface area contributed by atoms with E-state index in [9.17, 15) is 0 Å². The van der Waals surface area contributed by atoms with Gasteiger partial charge in [0.1, 0.15) is 0 Å². The lowest BCUT2D eigenvalue weighted by atomic mass is 9.80. The smallest absolute Gasteiger partial charge is 0.00246 e. The summed E-state index contributed by atoms with van der Waals surface area (Å²) in [6.45, 7) is 26.0. The van der Waals surface area contributed by atoms with Crippen LogP contribution < -0.4 is 0 Å². The molecule has 1 nitrogen and oxygen atoms in total. The van der Waals surface area contributed by atoms with E-state index < -0.39 is 0 Å². The minimum absolute atomic E-state index is 0.404. The van der Waals surface area contributed by atoms with Gasteiger partial charge in [0.2, 0.25) is 0 Å². The Kier molecular flexibility index (Phi) is 17.4. The molecule has 0 N–H and O–H groups in total. The van der Waals surface area contributed by atoms with Gasteiger partial charge in [0.15, 0.2) is 0 Å². The predicted molar refractivity (Wildman–Crippen MR) is 150 cm³/mol. The van der Waals surface area contributed by atoms with Crippen molar-refractivity contribution in [2.45, 2.75) is 121 Å². The van der Waals surface area contributed by atoms with Crippen molar-refractivity contribution in [2.75, 3.05) is 20.6 Å². The number of hydrogen-bond acceptors (Lipinski definition) is 1. The van der Waals surface area contributed by atoms with E-state index >= 15 is 0 Å². The van der Waals surface area contributed by atoms with Crippen LogP contribution in [-0.2, 0) is 6.42 Å². The maximum absolute atomic E-state index is 2.36. The predicted octanol–water partition coefficient (Wildman–Crippen LogP) is 9.90. The van der Waals surface area contributed by atoms with Crippen molar-refractivity contribution in [3.8, 4) is 0 Å². The summed E-state index contributed by atoms with van der Waals surface area (Å²) in [5, 5.41) is 0. The van der Waals surface area contributed by atoms with Gasteiger partial charge < -0.3 is 4.90 Å². The van der Waals surface area contributed by atoms with Crippen molar-refractivity contribution in [2.24, 2.45) is 22.2 Å². The van der Waals surface area contributed by atoms with Gasteiger partial charge in [-0.25, -0.2) is 0 Å². The minimum atomic E-state index is 0.404. The first-order chi connectivity index (χ1) is 14.6. The minimum Gasteiger partial charge on any atom is -0.309 e. The maximum Gasteiger partial charge on any atom is -0.00246 e. The van der Waals surface area contributed by atoms with Crippen LogP contribution in [0.4, 0.5) is 0 Å². The Hall–Kier alpha value is -0.820. The highest BCUT2D eigenvalue weighted by atomic mass is 15.0. The van der Waals surface area contributed by atoms with Crippen LogP contribution in [0.5, 0.6) is 0 Å². The number of hydrogen-bond donors (Lipinski definition) is 0. The van der Waals surface area contributed by atoms with Crippen molar-refractivity contribution in [3.63, 3.8) is 0 Å². The van der Waals surface area contributed by atoms with Crippen molar-refractivity contribution >= 4 is 0 Å². The fraction of sp³-hybridized carbons (Fsp3) is 0.806. The highest BCUT2D eigenvalue weighted by molar-refractivity contribution is 5.15. The molecule has 0 radical (unpaired) electrons. The van der Waals surface area contributed by atoms with Gasteiger partial charge in [-0.1, -0.05) is 119 Å². The molecule has 0 saturated heterocycles. The Bertz CT molecular complexity index is 516. The van der Waals surface area contributed by atoms with E-state index in [4.69, 9.17) is 0 Å². The van der Waals surface area contributed by atoms with E-state index in [1.54, 1.807) is 0 Å². The summed E-state index contributed by atoms with van der Waals surface area (Å²) in [5.41, 5.74) is 2.92. The Morgan fingerprint density at radius 1 is 0.750 bits per heavy atom. The molecule has 1 heteroatoms. The first-order valence-electron chi connectivity index (χ1n) is 13.3. The second kappa shape index (κ2) is 16.7. The van der Waals surface area contributed by atoms with Crippen LogP contribution in [-0.4, -0.2) is 25.5 Å². The molecular formula is C31H61N. The van der Waals surface area contributed by atoms with E-state index in [2.05, 4.69) is 112 Å². The molecule has 32 heavy (non-hydrogen) atoms. The zero-order valence-electron chi connectivity index (χ0n) is 24.6. The summed E-state index contributed by atoms with van der Waals surface area (Å²) < 4.78 is 0. The van der Waals surface area contributed by atoms with Gasteiger partial charge in [0.05, 0.1) is 0 Å². The Morgan fingerprint density at radius 3 is 1.53 bits per heavy atom. The number of benzene rings is 1. The molecule has 1 fully saturated rings. The first kappa shape index (κ1) is 33.4. The van der Waals surface area contributed by atoms with Crippen molar-refractivity contribution in [1.82, 2.24) is 4.90 Å². The molecule has 1 aliphatic carbocycles. The quantitative estimate of drug-likeness (QED) is 0.444. The zero-order valence-corrected chi connectivity index (χ0v) is 24.6. The van der Waals surface area contributed by atoms with E-state index in [0.717, 1.165) is 12.3 Å². The van der Waals surface area contributed by atoms with Crippen LogP contribution in [0, 0.1) is 22.2 Å². The number of rotatable bonds is 4. The van der Waals surface area contributed by atoms with Crippen molar-refractivity contribution in [3.05, 3.63) is 35.9 Å². The summed E-state index contributed by atoms with van der Waals surface area (Å²) >= 11 is 0. The van der Waals surface area contributed by atoms with Gasteiger partial charge in [-0.3, -0.25) is 0 Å². The summed E-state index contributed by atoms with van der Waals surface area (Å²) in [5.74, 6) is 1.01. The fourth-order valence-electron chi connectivity index (χ4n) is 3.93. The van der Waals surface area contributed by atoms with Crippen molar-refractivity contribution < 1.29 is 0 Å². The van der Waals surface area contributed by atoms with E-state index in [0.29, 0.717) is 16.2 Å². The van der Waals surface area contributed by atoms with Gasteiger partial charge in [0.25, 0.3) is 0 Å². The fourth-order valence-corrected chi connectivity index (χ4v) is 3.93. The third-order valence-corrected chi connectivity index (χ3v) is 5.69. The SMILES string of the molecule is CC.CC(C)(C)C1CCCC1.CC(C)(C)Cc1ccccc1.CN(C)CCCC(C)(C)C. The molecule has 0 aliphatic heterocycles. The first-order valence-corrected chi connectivity index (χ1v) is 13.3. The third kappa shape index (κ3) is 22.4. The topological polar surface area (TPSA) is 3.24 Å². The third-order valence-electron chi connectivity index (χ3n) is 5.69. The molecule has 1 aromatic rings. The molecule has 1 aliphatic rings. The summed E-state index contributed by atoms with van der Waals surface area (Å²) in [4.78, 5) is 2.24. The van der Waals surface area contributed by atoms with Crippen LogP contribution in [0.2, 0.25) is 0 Å². The molecule has 0 bridgehead atoms. The summed E-state index contributed by atoms with van der Waals surface area (Å²) in [6, 6.07) is 10.6. The molecule has 0 amide bonds. The van der Waals surface area contributed by atoms with Gasteiger partial charge in [-0.15, -0.1) is 0 Å². The van der Waals surface area contributed by atoms with Crippen molar-refractivity contribution in [1.29, 1.82) is 0 Å². The molecule has 0 spiro atoms. The zero-order chi connectivity index (χ0) is 25.4. The molecular weight excluding hydrogens is 386 g/mol. The van der Waals surface area contributed by atoms with Crippen LogP contribution in [0.1, 0.15) is 120 Å². The standard InChI is InChI=1S/C11H16.C9H21N.C9H18.C2H6/c1-11(2,3)9-10-7-5-4-6-8-10;1-9(2,3)7-6-8-10(4)5;1-9(2,3)8-6-4-5-7-8;1-2/h4-8H,9H2,1-3H3;6-8H2,1-5H3;8H,4-7H2,1-3H3;1-2H3. The monoisotopic (exact) mass is 447 g/mol. The molecule has 1 saturated carbocycles. The largest absolute Gasteiger partial charge is 0.309 e. The average molecular weight is 448 g/mol. The van der Waals surface area contributed by atoms with Gasteiger partial charge in [-0.2, -0.15) is 0 Å². The highest BCUT2D eigenvalue weighted by Gasteiger charge is 2.26. The lowest BCUT2D eigenvalue weighted by molar-refractivity contribution is 0.246. The molecule has 1 aromatic carbocycles. The van der Waals surface area contributed by atoms with Crippen LogP contribution >= 0.6 is 0 Å². The van der Waals surface area contributed by atoms with E-state index in [1.807, 2.05) is 13.8 Å². The highest BCUT2D eigenvalue weighted by Crippen LogP contribution is 2.38. The summed E-state index contributed by atoms with van der Waals surface area (Å²) in [7, 11) is 4.26. The summed E-state index contributed by atoms with van der Waals surface area (Å²) in [6.07, 6.45) is 9.70. The van der Waals surface area contributed by atoms with Gasteiger partial charge >= 0.3 is 0 Å². The lowest BCUT2D eigenvalue weighted by Gasteiger charge is -2.26.